The maximum absolute atomic E-state index is 11.1. The average molecular weight is 204 g/mol. The van der Waals surface area contributed by atoms with Gasteiger partial charge in [-0.25, -0.2) is 0 Å². The van der Waals surface area contributed by atoms with Crippen LogP contribution >= 0.6 is 0 Å². The lowest BCUT2D eigenvalue weighted by Gasteiger charge is -2.31. The molecule has 1 aliphatic heterocycles. The standard InChI is InChI=1S/C12H16N2O/c1-10(11-2-6-13-7-3-11)14-8-4-12(15)5-9-14/h2-3,6-7,10H,4-5,8-9H2,1H3. The quantitative estimate of drug-likeness (QED) is 0.736. The van der Waals surface area contributed by atoms with Crippen LogP contribution in [0.3, 0.4) is 0 Å². The summed E-state index contributed by atoms with van der Waals surface area (Å²) in [6.07, 6.45) is 5.05. The molecule has 0 N–H and O–H groups in total. The highest BCUT2D eigenvalue weighted by Gasteiger charge is 2.21. The Labute approximate surface area is 90.1 Å². The number of ketones is 1. The number of hydrogen-bond donors (Lipinski definition) is 0. The molecule has 1 aromatic rings. The summed E-state index contributed by atoms with van der Waals surface area (Å²) in [5.74, 6) is 0.396. The van der Waals surface area contributed by atoms with E-state index in [0.717, 1.165) is 13.1 Å². The maximum atomic E-state index is 11.1. The van der Waals surface area contributed by atoms with E-state index in [9.17, 15) is 4.79 Å². The summed E-state index contributed by atoms with van der Waals surface area (Å²) in [6, 6.07) is 4.48. The van der Waals surface area contributed by atoms with Gasteiger partial charge in [0, 0.05) is 44.4 Å². The minimum atomic E-state index is 0.390. The van der Waals surface area contributed by atoms with Crippen molar-refractivity contribution in [1.82, 2.24) is 9.88 Å². The van der Waals surface area contributed by atoms with E-state index in [-0.39, 0.29) is 0 Å². The number of carbonyl (C=O) groups excluding carboxylic acids is 1. The molecule has 1 aliphatic rings. The van der Waals surface area contributed by atoms with Crippen molar-refractivity contribution in [2.75, 3.05) is 13.1 Å². The fourth-order valence-corrected chi connectivity index (χ4v) is 2.01. The molecule has 3 nitrogen and oxygen atoms in total. The highest BCUT2D eigenvalue weighted by Crippen LogP contribution is 2.22. The maximum Gasteiger partial charge on any atom is 0.135 e. The molecule has 2 heterocycles. The van der Waals surface area contributed by atoms with Gasteiger partial charge < -0.3 is 0 Å². The summed E-state index contributed by atoms with van der Waals surface area (Å²) in [5, 5.41) is 0. The Balaban J connectivity index is 2.02. The zero-order valence-corrected chi connectivity index (χ0v) is 9.02. The second-order valence-corrected chi connectivity index (χ2v) is 4.03. The molecule has 0 amide bonds. The summed E-state index contributed by atoms with van der Waals surface area (Å²) in [6.45, 7) is 3.97. The predicted molar refractivity (Wildman–Crippen MR) is 58.5 cm³/mol. The van der Waals surface area contributed by atoms with Gasteiger partial charge in [-0.1, -0.05) is 0 Å². The SMILES string of the molecule is CC(c1ccncc1)N1CCC(=O)CC1. The first-order valence-electron chi connectivity index (χ1n) is 5.43. The second kappa shape index (κ2) is 4.53. The normalized spacial score (nSPS) is 20.2. The van der Waals surface area contributed by atoms with Gasteiger partial charge in [-0.15, -0.1) is 0 Å². The van der Waals surface area contributed by atoms with Gasteiger partial charge in [0.2, 0.25) is 0 Å². The van der Waals surface area contributed by atoms with Crippen LogP contribution in [0.2, 0.25) is 0 Å². The molecular formula is C12H16N2O. The molecule has 80 valence electrons. The molecule has 0 radical (unpaired) electrons. The molecular weight excluding hydrogens is 188 g/mol. The van der Waals surface area contributed by atoms with Crippen LogP contribution in [0.4, 0.5) is 0 Å². The van der Waals surface area contributed by atoms with Gasteiger partial charge >= 0.3 is 0 Å². The number of likely N-dealkylation sites (tertiary alicyclic amines) is 1. The van der Waals surface area contributed by atoms with E-state index >= 15 is 0 Å². The minimum Gasteiger partial charge on any atom is -0.300 e. The Morgan fingerprint density at radius 2 is 1.87 bits per heavy atom. The van der Waals surface area contributed by atoms with Gasteiger partial charge in [-0.2, -0.15) is 0 Å². The molecule has 1 saturated heterocycles. The number of Topliss-reactive ketones (excluding diaryl/α,β-unsaturated/α-hetero) is 1. The number of piperidine rings is 1. The smallest absolute Gasteiger partial charge is 0.135 e. The molecule has 2 rings (SSSR count). The molecule has 1 unspecified atom stereocenters. The third kappa shape index (κ3) is 2.42. The van der Waals surface area contributed by atoms with E-state index in [1.54, 1.807) is 0 Å². The van der Waals surface area contributed by atoms with Gasteiger partial charge in [-0.05, 0) is 24.6 Å². The number of carbonyl (C=O) groups is 1. The highest BCUT2D eigenvalue weighted by atomic mass is 16.1. The molecule has 0 aliphatic carbocycles. The van der Waals surface area contributed by atoms with Gasteiger partial charge in [0.1, 0.15) is 5.78 Å². The van der Waals surface area contributed by atoms with Crippen LogP contribution in [0, 0.1) is 0 Å². The molecule has 0 spiro atoms. The van der Waals surface area contributed by atoms with Crippen molar-refractivity contribution in [1.29, 1.82) is 0 Å². The Morgan fingerprint density at radius 3 is 2.47 bits per heavy atom. The van der Waals surface area contributed by atoms with E-state index in [0.29, 0.717) is 24.7 Å². The Kier molecular flexibility index (Phi) is 3.11. The van der Waals surface area contributed by atoms with Crippen LogP contribution in [0.5, 0.6) is 0 Å². The third-order valence-electron chi connectivity index (χ3n) is 3.09. The molecule has 0 aromatic carbocycles. The van der Waals surface area contributed by atoms with Crippen LogP contribution in [0.15, 0.2) is 24.5 Å². The molecule has 1 aromatic heterocycles. The first-order valence-corrected chi connectivity index (χ1v) is 5.43. The number of nitrogens with zero attached hydrogens (tertiary/aromatic N) is 2. The predicted octanol–water partition coefficient (Wildman–Crippen LogP) is 1.81. The molecule has 0 saturated carbocycles. The van der Waals surface area contributed by atoms with Crippen molar-refractivity contribution < 1.29 is 4.79 Å². The lowest BCUT2D eigenvalue weighted by molar-refractivity contribution is -0.121. The summed E-state index contributed by atoms with van der Waals surface area (Å²) in [4.78, 5) is 17.5. The Bertz CT molecular complexity index is 327. The second-order valence-electron chi connectivity index (χ2n) is 4.03. The van der Waals surface area contributed by atoms with E-state index < -0.39 is 0 Å². The Hall–Kier alpha value is -1.22. The van der Waals surface area contributed by atoms with Crippen LogP contribution in [-0.2, 0) is 4.79 Å². The van der Waals surface area contributed by atoms with E-state index in [1.165, 1.54) is 5.56 Å². The fourth-order valence-electron chi connectivity index (χ4n) is 2.01. The fraction of sp³-hybridized carbons (Fsp3) is 0.500. The third-order valence-corrected chi connectivity index (χ3v) is 3.09. The van der Waals surface area contributed by atoms with Gasteiger partial charge in [0.15, 0.2) is 0 Å². The zero-order valence-electron chi connectivity index (χ0n) is 9.02. The summed E-state index contributed by atoms with van der Waals surface area (Å²) < 4.78 is 0. The van der Waals surface area contributed by atoms with Gasteiger partial charge in [-0.3, -0.25) is 14.7 Å². The number of hydrogen-bond acceptors (Lipinski definition) is 3. The first kappa shape index (κ1) is 10.3. The van der Waals surface area contributed by atoms with Crippen LogP contribution in [-0.4, -0.2) is 28.8 Å². The lowest BCUT2D eigenvalue weighted by atomic mass is 10.0. The molecule has 15 heavy (non-hydrogen) atoms. The summed E-state index contributed by atoms with van der Waals surface area (Å²) >= 11 is 0. The van der Waals surface area contributed by atoms with Crippen molar-refractivity contribution in [3.8, 4) is 0 Å². The van der Waals surface area contributed by atoms with Crippen LogP contribution < -0.4 is 0 Å². The van der Waals surface area contributed by atoms with E-state index in [4.69, 9.17) is 0 Å². The highest BCUT2D eigenvalue weighted by molar-refractivity contribution is 5.79. The van der Waals surface area contributed by atoms with Crippen molar-refractivity contribution in [2.45, 2.75) is 25.8 Å². The molecule has 0 bridgehead atoms. The number of aromatic nitrogens is 1. The summed E-state index contributed by atoms with van der Waals surface area (Å²) in [5.41, 5.74) is 1.28. The number of pyridine rings is 1. The average Bonchev–Trinajstić information content (AvgIpc) is 2.30. The van der Waals surface area contributed by atoms with Crippen molar-refractivity contribution >= 4 is 5.78 Å². The van der Waals surface area contributed by atoms with Crippen molar-refractivity contribution in [3.63, 3.8) is 0 Å². The van der Waals surface area contributed by atoms with E-state index in [1.807, 2.05) is 24.5 Å². The first-order chi connectivity index (χ1) is 7.27. The molecule has 1 fully saturated rings. The molecule has 1 atom stereocenters. The lowest BCUT2D eigenvalue weighted by Crippen LogP contribution is -2.35. The van der Waals surface area contributed by atoms with Crippen LogP contribution in [0.1, 0.15) is 31.4 Å². The van der Waals surface area contributed by atoms with Gasteiger partial charge in [0.05, 0.1) is 0 Å². The van der Waals surface area contributed by atoms with Crippen LogP contribution in [0.25, 0.3) is 0 Å². The largest absolute Gasteiger partial charge is 0.300 e. The Morgan fingerprint density at radius 1 is 1.27 bits per heavy atom. The summed E-state index contributed by atoms with van der Waals surface area (Å²) in [7, 11) is 0. The van der Waals surface area contributed by atoms with E-state index in [2.05, 4.69) is 16.8 Å². The topological polar surface area (TPSA) is 33.2 Å². The monoisotopic (exact) mass is 204 g/mol. The van der Waals surface area contributed by atoms with Crippen molar-refractivity contribution in [2.24, 2.45) is 0 Å². The van der Waals surface area contributed by atoms with Gasteiger partial charge in [0.25, 0.3) is 0 Å². The zero-order chi connectivity index (χ0) is 10.7. The number of rotatable bonds is 2. The van der Waals surface area contributed by atoms with Crippen molar-refractivity contribution in [3.05, 3.63) is 30.1 Å². The molecule has 3 heteroatoms. The minimum absolute atomic E-state index is 0.390.